The average molecular weight is 279 g/mol. The third-order valence-electron chi connectivity index (χ3n) is 1.36. The van der Waals surface area contributed by atoms with Crippen molar-refractivity contribution in [3.8, 4) is 11.5 Å². The Bertz CT molecular complexity index is 438. The van der Waals surface area contributed by atoms with E-state index in [1.165, 1.54) is 5.38 Å². The minimum atomic E-state index is -0.958. The molecule has 2 heterocycles. The highest BCUT2D eigenvalue weighted by Crippen LogP contribution is 2.20. The van der Waals surface area contributed by atoms with Crippen molar-refractivity contribution in [2.24, 2.45) is 0 Å². The summed E-state index contributed by atoms with van der Waals surface area (Å²) in [6.45, 7) is 0. The predicted molar refractivity (Wildman–Crippen MR) is 48.6 cm³/mol. The van der Waals surface area contributed by atoms with Gasteiger partial charge < -0.3 is 0 Å². The minimum absolute atomic E-state index is 0.114. The maximum atomic E-state index is 12.9. The minimum Gasteiger partial charge on any atom is -0.197 e. The van der Waals surface area contributed by atoms with E-state index in [4.69, 9.17) is 0 Å². The first kappa shape index (κ1) is 9.53. The van der Waals surface area contributed by atoms with Crippen LogP contribution in [0, 0.1) is 11.9 Å². The molecule has 2 rings (SSSR count). The van der Waals surface area contributed by atoms with E-state index in [9.17, 15) is 8.78 Å². The van der Waals surface area contributed by atoms with Crippen LogP contribution in [0.5, 0.6) is 0 Å². The molecule has 0 unspecified atom stereocenters. The lowest BCUT2D eigenvalue weighted by Crippen LogP contribution is -1.98. The van der Waals surface area contributed by atoms with Gasteiger partial charge in [0.1, 0.15) is 10.2 Å². The van der Waals surface area contributed by atoms with Crippen molar-refractivity contribution in [3.63, 3.8) is 0 Å². The van der Waals surface area contributed by atoms with E-state index in [0.717, 1.165) is 11.5 Å². The summed E-state index contributed by atoms with van der Waals surface area (Å²) in [5.41, 5.74) is 0.250. The summed E-state index contributed by atoms with van der Waals surface area (Å²) < 4.78 is 29.0. The monoisotopic (exact) mass is 278 g/mol. The topological polar surface area (TPSA) is 51.6 Å². The molecule has 0 radical (unpaired) electrons. The predicted octanol–water partition coefficient (Wildman–Crippen LogP) is 2.04. The van der Waals surface area contributed by atoms with Gasteiger partial charge in [-0.15, -0.1) is 5.10 Å². The highest BCUT2D eigenvalue weighted by Gasteiger charge is 2.14. The molecule has 72 valence electrons. The zero-order valence-electron chi connectivity index (χ0n) is 6.41. The van der Waals surface area contributed by atoms with Gasteiger partial charge in [-0.25, -0.2) is 0 Å². The highest BCUT2D eigenvalue weighted by molar-refractivity contribution is 9.10. The van der Waals surface area contributed by atoms with E-state index in [1.807, 2.05) is 0 Å². The van der Waals surface area contributed by atoms with E-state index >= 15 is 0 Å². The van der Waals surface area contributed by atoms with Gasteiger partial charge in [-0.3, -0.25) is 0 Å². The normalized spacial score (nSPS) is 10.5. The fourth-order valence-electron chi connectivity index (χ4n) is 0.771. The Balaban J connectivity index is 2.57. The molecule has 2 aromatic rings. The molecular formula is C6HBrF2N4S. The molecule has 0 aliphatic carbocycles. The molecule has 0 amide bonds. The average Bonchev–Trinajstić information content (AvgIpc) is 2.66. The first-order valence-electron chi connectivity index (χ1n) is 3.34. The van der Waals surface area contributed by atoms with E-state index in [2.05, 4.69) is 35.5 Å². The molecular weight excluding hydrogens is 278 g/mol. The molecule has 0 aromatic carbocycles. The molecule has 0 atom stereocenters. The smallest absolute Gasteiger partial charge is 0.197 e. The lowest BCUT2D eigenvalue weighted by atomic mass is 10.4. The van der Waals surface area contributed by atoms with E-state index in [1.54, 1.807) is 0 Å². The van der Waals surface area contributed by atoms with E-state index in [0.29, 0.717) is 0 Å². The van der Waals surface area contributed by atoms with Gasteiger partial charge in [0, 0.05) is 5.38 Å². The standard InChI is InChI=1S/C6HBrF2N4S/c7-3-4(8)10-6(11-5(3)9)2-1-14-13-12-2/h1H. The van der Waals surface area contributed by atoms with Gasteiger partial charge >= 0.3 is 0 Å². The van der Waals surface area contributed by atoms with E-state index < -0.39 is 11.9 Å². The van der Waals surface area contributed by atoms with E-state index in [-0.39, 0.29) is 16.0 Å². The molecule has 0 fully saturated rings. The van der Waals surface area contributed by atoms with Crippen molar-refractivity contribution in [1.29, 1.82) is 0 Å². The Kier molecular flexibility index (Phi) is 2.46. The molecule has 2 aromatic heterocycles. The van der Waals surface area contributed by atoms with Crippen molar-refractivity contribution in [1.82, 2.24) is 19.6 Å². The van der Waals surface area contributed by atoms with Crippen LogP contribution in [0.4, 0.5) is 8.78 Å². The van der Waals surface area contributed by atoms with Crippen LogP contribution in [0.1, 0.15) is 0 Å². The molecule has 0 saturated heterocycles. The van der Waals surface area contributed by atoms with Gasteiger partial charge in [-0.1, -0.05) is 4.49 Å². The largest absolute Gasteiger partial charge is 0.233 e. The van der Waals surface area contributed by atoms with Gasteiger partial charge in [0.2, 0.25) is 11.9 Å². The van der Waals surface area contributed by atoms with Crippen LogP contribution in [0.25, 0.3) is 11.5 Å². The SMILES string of the molecule is Fc1nc(-c2csnn2)nc(F)c1Br. The maximum absolute atomic E-state index is 12.9. The fraction of sp³-hybridized carbons (Fsp3) is 0. The number of rotatable bonds is 1. The lowest BCUT2D eigenvalue weighted by Gasteiger charge is -1.97. The number of halogens is 3. The van der Waals surface area contributed by atoms with Gasteiger partial charge in [0.15, 0.2) is 5.82 Å². The molecule has 0 aliphatic heterocycles. The second-order valence-electron chi connectivity index (χ2n) is 2.23. The first-order chi connectivity index (χ1) is 6.68. The van der Waals surface area contributed by atoms with Crippen LogP contribution < -0.4 is 0 Å². The highest BCUT2D eigenvalue weighted by atomic mass is 79.9. The number of hydrogen-bond donors (Lipinski definition) is 0. The fourth-order valence-corrected chi connectivity index (χ4v) is 1.38. The molecule has 0 saturated carbocycles. The third-order valence-corrected chi connectivity index (χ3v) is 2.52. The molecule has 4 nitrogen and oxygen atoms in total. The molecule has 14 heavy (non-hydrogen) atoms. The number of hydrogen-bond acceptors (Lipinski definition) is 5. The lowest BCUT2D eigenvalue weighted by molar-refractivity contribution is 0.516. The summed E-state index contributed by atoms with van der Waals surface area (Å²) in [6.07, 6.45) is 0. The van der Waals surface area contributed by atoms with Crippen molar-refractivity contribution in [2.75, 3.05) is 0 Å². The third kappa shape index (κ3) is 1.62. The Morgan fingerprint density at radius 2 is 1.86 bits per heavy atom. The second-order valence-corrected chi connectivity index (χ2v) is 3.64. The summed E-state index contributed by atoms with van der Waals surface area (Å²) in [7, 11) is 0. The van der Waals surface area contributed by atoms with Crippen molar-refractivity contribution in [2.45, 2.75) is 0 Å². The molecule has 0 spiro atoms. The van der Waals surface area contributed by atoms with Crippen molar-refractivity contribution >= 4 is 27.5 Å². The molecule has 0 N–H and O–H groups in total. The Morgan fingerprint density at radius 3 is 2.36 bits per heavy atom. The summed E-state index contributed by atoms with van der Waals surface area (Å²) in [6, 6.07) is 0. The summed E-state index contributed by atoms with van der Waals surface area (Å²) >= 11 is 3.72. The van der Waals surface area contributed by atoms with Crippen molar-refractivity contribution < 1.29 is 8.78 Å². The van der Waals surface area contributed by atoms with Crippen LogP contribution in [0.15, 0.2) is 9.85 Å². The van der Waals surface area contributed by atoms with Gasteiger partial charge in [0.25, 0.3) is 0 Å². The Morgan fingerprint density at radius 1 is 1.21 bits per heavy atom. The summed E-state index contributed by atoms with van der Waals surface area (Å²) in [4.78, 5) is 6.83. The molecule has 0 aliphatic rings. The van der Waals surface area contributed by atoms with Gasteiger partial charge in [-0.05, 0) is 27.5 Å². The summed E-state index contributed by atoms with van der Waals surface area (Å²) in [5, 5.41) is 5.10. The second kappa shape index (κ2) is 3.62. The van der Waals surface area contributed by atoms with Crippen molar-refractivity contribution in [3.05, 3.63) is 21.7 Å². The van der Waals surface area contributed by atoms with Crippen LogP contribution >= 0.6 is 27.5 Å². The first-order valence-corrected chi connectivity index (χ1v) is 4.97. The van der Waals surface area contributed by atoms with Gasteiger partial charge in [-0.2, -0.15) is 18.7 Å². The van der Waals surface area contributed by atoms with Crippen LogP contribution in [-0.4, -0.2) is 19.6 Å². The van der Waals surface area contributed by atoms with Crippen LogP contribution in [-0.2, 0) is 0 Å². The van der Waals surface area contributed by atoms with Crippen LogP contribution in [0.2, 0.25) is 0 Å². The zero-order valence-corrected chi connectivity index (χ0v) is 8.81. The van der Waals surface area contributed by atoms with Gasteiger partial charge in [0.05, 0.1) is 0 Å². The Hall–Kier alpha value is -1.02. The quantitative estimate of drug-likeness (QED) is 0.749. The zero-order chi connectivity index (χ0) is 10.1. The molecule has 8 heteroatoms. The molecule has 0 bridgehead atoms. The Labute approximate surface area is 89.3 Å². The summed E-state index contributed by atoms with van der Waals surface area (Å²) in [5.74, 6) is -2.03. The van der Waals surface area contributed by atoms with Crippen LogP contribution in [0.3, 0.4) is 0 Å². The number of aromatic nitrogens is 4. The maximum Gasteiger partial charge on any atom is 0.233 e. The number of nitrogens with zero attached hydrogens (tertiary/aromatic N) is 4.